The lowest BCUT2D eigenvalue weighted by molar-refractivity contribution is -0.116. The predicted molar refractivity (Wildman–Crippen MR) is 113 cm³/mol. The third kappa shape index (κ3) is 3.57. The first kappa shape index (κ1) is 19.8. The maximum atomic E-state index is 13.3. The summed E-state index contributed by atoms with van der Waals surface area (Å²) in [5.41, 5.74) is 2.17. The van der Waals surface area contributed by atoms with Gasteiger partial charge in [0.05, 0.1) is 5.02 Å². The van der Waals surface area contributed by atoms with Crippen LogP contribution in [-0.4, -0.2) is 23.5 Å². The molecule has 0 heterocycles. The van der Waals surface area contributed by atoms with E-state index in [1.807, 2.05) is 0 Å². The minimum atomic E-state index is -0.666. The molecular weight excluding hydrogens is 407 g/mol. The number of hydrogen-bond donors (Lipinski definition) is 2. The van der Waals surface area contributed by atoms with Crippen LogP contribution >= 0.6 is 11.6 Å². The van der Waals surface area contributed by atoms with E-state index in [1.54, 1.807) is 43.3 Å². The van der Waals surface area contributed by atoms with Gasteiger partial charge >= 0.3 is 0 Å². The van der Waals surface area contributed by atoms with E-state index >= 15 is 0 Å². The highest BCUT2D eigenvalue weighted by atomic mass is 35.5. The lowest BCUT2D eigenvalue weighted by Crippen LogP contribution is -2.32. The predicted octanol–water partition coefficient (Wildman–Crippen LogP) is 4.69. The molecule has 5 nitrogen and oxygen atoms in total. The van der Waals surface area contributed by atoms with Gasteiger partial charge in [-0.3, -0.25) is 14.4 Å². The fourth-order valence-corrected chi connectivity index (χ4v) is 3.51. The summed E-state index contributed by atoms with van der Waals surface area (Å²) in [6.45, 7) is 1.63. The van der Waals surface area contributed by atoms with Crippen LogP contribution in [0, 0.1) is 5.82 Å². The number of rotatable bonds is 4. The molecule has 1 atom stereocenters. The number of carbonyl (C=O) groups excluding carboxylic acids is 3. The third-order valence-corrected chi connectivity index (χ3v) is 5.18. The SMILES string of the molecule is C[C@@H](Nc1ccc(F)c(Cl)c1)C(=O)Nc1ccc2c(c1)C(=O)c1ccccc1C2=O. The van der Waals surface area contributed by atoms with Crippen molar-refractivity contribution in [2.45, 2.75) is 13.0 Å². The summed E-state index contributed by atoms with van der Waals surface area (Å²) in [5.74, 6) is -1.40. The Balaban J connectivity index is 1.53. The molecule has 0 aliphatic heterocycles. The van der Waals surface area contributed by atoms with Gasteiger partial charge in [-0.1, -0.05) is 35.9 Å². The molecule has 0 spiro atoms. The summed E-state index contributed by atoms with van der Waals surface area (Å²) in [5, 5.41) is 5.61. The highest BCUT2D eigenvalue weighted by Crippen LogP contribution is 2.29. The van der Waals surface area contributed by atoms with E-state index in [0.717, 1.165) is 0 Å². The largest absolute Gasteiger partial charge is 0.374 e. The average molecular weight is 423 g/mol. The number of halogens is 2. The monoisotopic (exact) mass is 422 g/mol. The Hall–Kier alpha value is -3.51. The van der Waals surface area contributed by atoms with Gasteiger partial charge in [0, 0.05) is 33.6 Å². The van der Waals surface area contributed by atoms with E-state index in [4.69, 9.17) is 11.6 Å². The highest BCUT2D eigenvalue weighted by molar-refractivity contribution is 6.31. The molecule has 2 N–H and O–H groups in total. The van der Waals surface area contributed by atoms with Crippen molar-refractivity contribution in [2.24, 2.45) is 0 Å². The summed E-state index contributed by atoms with van der Waals surface area (Å²) in [4.78, 5) is 38.0. The second-order valence-corrected chi connectivity index (χ2v) is 7.36. The van der Waals surface area contributed by atoms with Crippen LogP contribution in [0.4, 0.5) is 15.8 Å². The van der Waals surface area contributed by atoms with E-state index in [1.165, 1.54) is 24.3 Å². The minimum absolute atomic E-state index is 0.0502. The van der Waals surface area contributed by atoms with Crippen molar-refractivity contribution in [1.29, 1.82) is 0 Å². The van der Waals surface area contributed by atoms with E-state index in [2.05, 4.69) is 10.6 Å². The second-order valence-electron chi connectivity index (χ2n) is 6.95. The standard InChI is InChI=1S/C23H16ClFN2O3/c1-12(26-14-7-9-20(25)19(24)11-14)23(30)27-13-6-8-17-18(10-13)22(29)16-5-3-2-4-15(16)21(17)28/h2-12,26H,1H3,(H,27,30)/t12-/m1/s1. The number of hydrogen-bond acceptors (Lipinski definition) is 4. The van der Waals surface area contributed by atoms with Crippen LogP contribution in [0.3, 0.4) is 0 Å². The molecular formula is C23H16ClFN2O3. The van der Waals surface area contributed by atoms with Gasteiger partial charge in [0.15, 0.2) is 11.6 Å². The molecule has 150 valence electrons. The topological polar surface area (TPSA) is 75.3 Å². The normalized spacial score (nSPS) is 13.3. The maximum Gasteiger partial charge on any atom is 0.246 e. The second kappa shape index (κ2) is 7.72. The smallest absolute Gasteiger partial charge is 0.246 e. The molecule has 0 saturated carbocycles. The number of carbonyl (C=O) groups is 3. The third-order valence-electron chi connectivity index (χ3n) is 4.89. The van der Waals surface area contributed by atoms with E-state index in [-0.39, 0.29) is 28.1 Å². The summed E-state index contributed by atoms with van der Waals surface area (Å²) in [6.07, 6.45) is 0. The van der Waals surface area contributed by atoms with Crippen LogP contribution in [-0.2, 0) is 4.79 Å². The van der Waals surface area contributed by atoms with Gasteiger partial charge in [-0.15, -0.1) is 0 Å². The molecule has 0 aromatic heterocycles. The van der Waals surface area contributed by atoms with Gasteiger partial charge in [-0.05, 0) is 43.3 Å². The highest BCUT2D eigenvalue weighted by Gasteiger charge is 2.29. The minimum Gasteiger partial charge on any atom is -0.374 e. The zero-order chi connectivity index (χ0) is 21.4. The zero-order valence-corrected chi connectivity index (χ0v) is 16.6. The number of amides is 1. The van der Waals surface area contributed by atoms with Gasteiger partial charge in [-0.2, -0.15) is 0 Å². The number of nitrogens with one attached hydrogen (secondary N) is 2. The van der Waals surface area contributed by atoms with Crippen LogP contribution in [0.2, 0.25) is 5.02 Å². The van der Waals surface area contributed by atoms with Crippen molar-refractivity contribution >= 4 is 40.4 Å². The van der Waals surface area contributed by atoms with Gasteiger partial charge in [0.25, 0.3) is 0 Å². The van der Waals surface area contributed by atoms with Gasteiger partial charge < -0.3 is 10.6 Å². The molecule has 7 heteroatoms. The first-order valence-electron chi connectivity index (χ1n) is 9.20. The quantitative estimate of drug-likeness (QED) is 0.500. The Bertz CT molecular complexity index is 1210. The molecule has 0 saturated heterocycles. The molecule has 1 amide bonds. The Morgan fingerprint density at radius 2 is 1.47 bits per heavy atom. The molecule has 1 aliphatic rings. The first-order chi connectivity index (χ1) is 14.3. The molecule has 3 aromatic carbocycles. The number of anilines is 2. The van der Waals surface area contributed by atoms with Gasteiger partial charge in [0.1, 0.15) is 11.9 Å². The first-order valence-corrected chi connectivity index (χ1v) is 9.58. The summed E-state index contributed by atoms with van der Waals surface area (Å²) >= 11 is 5.76. The summed E-state index contributed by atoms with van der Waals surface area (Å²) < 4.78 is 13.3. The number of ketones is 2. The molecule has 3 aromatic rings. The van der Waals surface area contributed by atoms with Gasteiger partial charge in [0.2, 0.25) is 5.91 Å². The molecule has 0 radical (unpaired) electrons. The lowest BCUT2D eigenvalue weighted by Gasteiger charge is -2.19. The van der Waals surface area contributed by atoms with Gasteiger partial charge in [-0.25, -0.2) is 4.39 Å². The molecule has 0 unspecified atom stereocenters. The Morgan fingerprint density at radius 3 is 2.13 bits per heavy atom. The Labute approximate surface area is 176 Å². The van der Waals surface area contributed by atoms with Crippen molar-refractivity contribution in [1.82, 2.24) is 0 Å². The van der Waals surface area contributed by atoms with Crippen LogP contribution in [0.25, 0.3) is 0 Å². The van der Waals surface area contributed by atoms with Crippen molar-refractivity contribution in [3.8, 4) is 0 Å². The van der Waals surface area contributed by atoms with E-state index < -0.39 is 11.9 Å². The van der Waals surface area contributed by atoms with Crippen molar-refractivity contribution in [3.63, 3.8) is 0 Å². The van der Waals surface area contributed by atoms with Crippen LogP contribution in [0.5, 0.6) is 0 Å². The maximum absolute atomic E-state index is 13.3. The molecule has 30 heavy (non-hydrogen) atoms. The van der Waals surface area contributed by atoms with E-state index in [0.29, 0.717) is 28.1 Å². The van der Waals surface area contributed by atoms with Crippen molar-refractivity contribution in [3.05, 3.63) is 93.8 Å². The zero-order valence-electron chi connectivity index (χ0n) is 15.8. The summed E-state index contributed by atoms with van der Waals surface area (Å²) in [7, 11) is 0. The number of benzene rings is 3. The fourth-order valence-electron chi connectivity index (χ4n) is 3.33. The molecule has 4 rings (SSSR count). The fraction of sp³-hybridized carbons (Fsp3) is 0.0870. The molecule has 0 bridgehead atoms. The Morgan fingerprint density at radius 1 is 0.867 bits per heavy atom. The summed E-state index contributed by atoms with van der Waals surface area (Å²) in [6, 6.07) is 14.7. The molecule has 0 fully saturated rings. The average Bonchev–Trinajstić information content (AvgIpc) is 2.74. The van der Waals surface area contributed by atoms with E-state index in [9.17, 15) is 18.8 Å². The van der Waals surface area contributed by atoms with Crippen molar-refractivity contribution in [2.75, 3.05) is 10.6 Å². The van der Waals surface area contributed by atoms with Crippen LogP contribution < -0.4 is 10.6 Å². The Kier molecular flexibility index (Phi) is 5.10. The van der Waals surface area contributed by atoms with Crippen LogP contribution in [0.15, 0.2) is 60.7 Å². The number of fused-ring (bicyclic) bond motifs is 2. The van der Waals surface area contributed by atoms with Crippen LogP contribution in [0.1, 0.15) is 38.8 Å². The van der Waals surface area contributed by atoms with Crippen molar-refractivity contribution < 1.29 is 18.8 Å². The lowest BCUT2D eigenvalue weighted by atomic mass is 9.84. The molecule has 1 aliphatic carbocycles.